The highest BCUT2D eigenvalue weighted by Crippen LogP contribution is 2.14. The van der Waals surface area contributed by atoms with Crippen LogP contribution >= 0.6 is 0 Å². The maximum atomic E-state index is 3.70. The number of allylic oxidation sites excluding steroid dienone is 1. The van der Waals surface area contributed by atoms with Crippen LogP contribution in [0.15, 0.2) is 23.8 Å². The quantitative estimate of drug-likeness (QED) is 0.585. The van der Waals surface area contributed by atoms with Gasteiger partial charge in [-0.15, -0.1) is 6.58 Å². The molecular weight excluding hydrogens is 122 g/mol. The van der Waals surface area contributed by atoms with Crippen molar-refractivity contribution in [3.8, 4) is 0 Å². The van der Waals surface area contributed by atoms with Crippen LogP contribution in [0.2, 0.25) is 0 Å². The second kappa shape index (κ2) is 3.57. The summed E-state index contributed by atoms with van der Waals surface area (Å²) in [5, 5.41) is 3.32. The molecule has 0 atom stereocenters. The minimum atomic E-state index is 1.09. The smallest absolute Gasteiger partial charge is 0.0170 e. The van der Waals surface area contributed by atoms with E-state index < -0.39 is 0 Å². The van der Waals surface area contributed by atoms with Gasteiger partial charge in [-0.05, 0) is 19.8 Å². The van der Waals surface area contributed by atoms with E-state index in [1.807, 2.05) is 6.08 Å². The second-order valence-corrected chi connectivity index (χ2v) is 2.81. The van der Waals surface area contributed by atoms with Crippen LogP contribution in [0.1, 0.15) is 19.8 Å². The van der Waals surface area contributed by atoms with Gasteiger partial charge in [0, 0.05) is 13.1 Å². The van der Waals surface area contributed by atoms with Gasteiger partial charge in [-0.25, -0.2) is 0 Å². The fraction of sp³-hybridized carbons (Fsp3) is 0.556. The van der Waals surface area contributed by atoms with Gasteiger partial charge in [0.2, 0.25) is 0 Å². The molecule has 0 unspecified atom stereocenters. The van der Waals surface area contributed by atoms with Gasteiger partial charge in [0.15, 0.2) is 0 Å². The average Bonchev–Trinajstić information content (AvgIpc) is 2.31. The van der Waals surface area contributed by atoms with Gasteiger partial charge >= 0.3 is 0 Å². The van der Waals surface area contributed by atoms with Crippen molar-refractivity contribution in [1.82, 2.24) is 5.32 Å². The zero-order valence-electron chi connectivity index (χ0n) is 6.61. The zero-order chi connectivity index (χ0) is 7.40. The van der Waals surface area contributed by atoms with Crippen LogP contribution in [0.4, 0.5) is 0 Å². The van der Waals surface area contributed by atoms with E-state index in [4.69, 9.17) is 0 Å². The molecule has 0 aliphatic carbocycles. The molecule has 0 saturated carbocycles. The Labute approximate surface area is 62.8 Å². The van der Waals surface area contributed by atoms with E-state index in [0.29, 0.717) is 0 Å². The molecule has 0 spiro atoms. The number of nitrogens with one attached hydrogen (secondary N) is 1. The van der Waals surface area contributed by atoms with Gasteiger partial charge in [-0.1, -0.05) is 17.2 Å². The van der Waals surface area contributed by atoms with E-state index in [2.05, 4.69) is 18.8 Å². The van der Waals surface area contributed by atoms with E-state index >= 15 is 0 Å². The molecule has 1 heterocycles. The first-order valence-electron chi connectivity index (χ1n) is 3.83. The number of rotatable bonds is 3. The Bertz CT molecular complexity index is 156. The van der Waals surface area contributed by atoms with E-state index in [9.17, 15) is 0 Å². The summed E-state index contributed by atoms with van der Waals surface area (Å²) in [6.07, 6.45) is 4.30. The molecule has 0 radical (unpaired) electrons. The van der Waals surface area contributed by atoms with Gasteiger partial charge in [-0.3, -0.25) is 0 Å². The summed E-state index contributed by atoms with van der Waals surface area (Å²) in [7, 11) is 0. The molecule has 0 amide bonds. The van der Waals surface area contributed by atoms with Crippen molar-refractivity contribution < 1.29 is 0 Å². The number of hydrogen-bond acceptors (Lipinski definition) is 1. The Kier molecular flexibility index (Phi) is 2.69. The van der Waals surface area contributed by atoms with Gasteiger partial charge < -0.3 is 5.32 Å². The largest absolute Gasteiger partial charge is 0.309 e. The van der Waals surface area contributed by atoms with E-state index in [1.165, 1.54) is 12.0 Å². The van der Waals surface area contributed by atoms with Crippen molar-refractivity contribution in [2.45, 2.75) is 19.8 Å². The van der Waals surface area contributed by atoms with Crippen LogP contribution in [0, 0.1) is 0 Å². The molecule has 0 saturated heterocycles. The molecule has 0 aromatic rings. The summed E-state index contributed by atoms with van der Waals surface area (Å²) in [4.78, 5) is 0. The van der Waals surface area contributed by atoms with E-state index in [1.54, 1.807) is 5.57 Å². The van der Waals surface area contributed by atoms with Gasteiger partial charge in [0.1, 0.15) is 0 Å². The van der Waals surface area contributed by atoms with Crippen LogP contribution in [-0.4, -0.2) is 13.1 Å². The Balaban J connectivity index is 2.38. The maximum Gasteiger partial charge on any atom is 0.0170 e. The molecule has 10 heavy (non-hydrogen) atoms. The normalized spacial score (nSPS) is 18.1. The first-order chi connectivity index (χ1) is 4.84. The monoisotopic (exact) mass is 137 g/mol. The molecule has 0 aromatic carbocycles. The predicted octanol–water partition coefficient (Wildman–Crippen LogP) is 1.87. The lowest BCUT2D eigenvalue weighted by Gasteiger charge is -1.98. The fourth-order valence-corrected chi connectivity index (χ4v) is 1.25. The Morgan fingerprint density at radius 2 is 2.40 bits per heavy atom. The molecule has 1 rings (SSSR count). The summed E-state index contributed by atoms with van der Waals surface area (Å²) in [5.41, 5.74) is 3.11. The Morgan fingerprint density at radius 3 is 2.90 bits per heavy atom. The third-order valence-corrected chi connectivity index (χ3v) is 1.98. The first-order valence-corrected chi connectivity index (χ1v) is 3.83. The molecule has 1 N–H and O–H groups in total. The highest BCUT2D eigenvalue weighted by molar-refractivity contribution is 5.20. The molecule has 56 valence electrons. The van der Waals surface area contributed by atoms with E-state index in [0.717, 1.165) is 19.5 Å². The van der Waals surface area contributed by atoms with Gasteiger partial charge in [-0.2, -0.15) is 0 Å². The third kappa shape index (κ3) is 1.71. The highest BCUT2D eigenvalue weighted by Gasteiger charge is 2.07. The van der Waals surface area contributed by atoms with Crippen LogP contribution < -0.4 is 5.32 Å². The Hall–Kier alpha value is -0.560. The third-order valence-electron chi connectivity index (χ3n) is 1.98. The topological polar surface area (TPSA) is 12.0 Å². The van der Waals surface area contributed by atoms with Crippen LogP contribution in [0.5, 0.6) is 0 Å². The van der Waals surface area contributed by atoms with Crippen molar-refractivity contribution in [1.29, 1.82) is 0 Å². The summed E-state index contributed by atoms with van der Waals surface area (Å²) >= 11 is 0. The summed E-state index contributed by atoms with van der Waals surface area (Å²) in [5.74, 6) is 0. The van der Waals surface area contributed by atoms with Crippen molar-refractivity contribution in [2.75, 3.05) is 13.1 Å². The fourth-order valence-electron chi connectivity index (χ4n) is 1.25. The molecule has 1 aliphatic heterocycles. The summed E-state index contributed by atoms with van der Waals surface area (Å²) in [6, 6.07) is 0. The first kappa shape index (κ1) is 7.55. The Morgan fingerprint density at radius 1 is 1.60 bits per heavy atom. The summed E-state index contributed by atoms with van der Waals surface area (Å²) < 4.78 is 0. The van der Waals surface area contributed by atoms with Gasteiger partial charge in [0.05, 0.1) is 0 Å². The lowest BCUT2D eigenvalue weighted by molar-refractivity contribution is 0.838. The van der Waals surface area contributed by atoms with Crippen molar-refractivity contribution in [3.63, 3.8) is 0 Å². The van der Waals surface area contributed by atoms with Gasteiger partial charge in [0.25, 0.3) is 0 Å². The lowest BCUT2D eigenvalue weighted by atomic mass is 10.1. The highest BCUT2D eigenvalue weighted by atomic mass is 14.9. The van der Waals surface area contributed by atoms with E-state index in [-0.39, 0.29) is 0 Å². The summed E-state index contributed by atoms with van der Waals surface area (Å²) in [6.45, 7) is 8.10. The average molecular weight is 137 g/mol. The minimum Gasteiger partial charge on any atom is -0.309 e. The molecule has 1 aliphatic rings. The molecular formula is C9H15N. The standard InChI is InChI=1S/C9H15N/c1-3-4-5-9-7-10-6-8(9)2/h3,10H,1,4-7H2,2H3. The molecule has 1 nitrogen and oxygen atoms in total. The second-order valence-electron chi connectivity index (χ2n) is 2.81. The van der Waals surface area contributed by atoms with Crippen LogP contribution in [-0.2, 0) is 0 Å². The predicted molar refractivity (Wildman–Crippen MR) is 45.0 cm³/mol. The molecule has 0 fully saturated rings. The SMILES string of the molecule is C=CCCC1=C(C)CNC1. The maximum absolute atomic E-state index is 3.70. The van der Waals surface area contributed by atoms with Crippen molar-refractivity contribution in [3.05, 3.63) is 23.8 Å². The lowest BCUT2D eigenvalue weighted by Crippen LogP contribution is -2.08. The number of hydrogen-bond donors (Lipinski definition) is 1. The molecule has 0 bridgehead atoms. The van der Waals surface area contributed by atoms with Crippen LogP contribution in [0.25, 0.3) is 0 Å². The minimum absolute atomic E-state index is 1.09. The van der Waals surface area contributed by atoms with Crippen LogP contribution in [0.3, 0.4) is 0 Å². The van der Waals surface area contributed by atoms with Crippen molar-refractivity contribution in [2.24, 2.45) is 0 Å². The zero-order valence-corrected chi connectivity index (χ0v) is 6.61. The molecule has 0 aromatic heterocycles. The van der Waals surface area contributed by atoms with Crippen molar-refractivity contribution >= 4 is 0 Å². The molecule has 1 heteroatoms.